The van der Waals surface area contributed by atoms with Crippen molar-refractivity contribution in [2.75, 3.05) is 0 Å². The van der Waals surface area contributed by atoms with E-state index in [0.29, 0.717) is 10.9 Å². The number of halogens is 1. The lowest BCUT2D eigenvalue weighted by atomic mass is 9.98. The first-order valence-corrected chi connectivity index (χ1v) is 6.97. The van der Waals surface area contributed by atoms with Gasteiger partial charge in [0.25, 0.3) is 0 Å². The third kappa shape index (κ3) is 3.40. The van der Waals surface area contributed by atoms with E-state index in [1.54, 1.807) is 12.1 Å². The predicted octanol–water partition coefficient (Wildman–Crippen LogP) is 4.90. The lowest BCUT2D eigenvalue weighted by Gasteiger charge is -2.08. The zero-order valence-corrected chi connectivity index (χ0v) is 12.3. The van der Waals surface area contributed by atoms with Crippen LogP contribution in [0.5, 0.6) is 0 Å². The standard InChI is InChI=1S/C17H17ClO2/c1-11(2)9-12-3-5-13(6-4-12)15-8-7-14(17(19)20)10-16(15)18/h3-8,10-11H,9H2,1-2H3,(H,19,20). The van der Waals surface area contributed by atoms with Gasteiger partial charge in [0.05, 0.1) is 5.56 Å². The van der Waals surface area contributed by atoms with Crippen LogP contribution in [-0.4, -0.2) is 11.1 Å². The Hall–Kier alpha value is -1.80. The van der Waals surface area contributed by atoms with E-state index in [9.17, 15) is 4.79 Å². The first-order valence-electron chi connectivity index (χ1n) is 6.59. The van der Waals surface area contributed by atoms with Crippen LogP contribution in [0.3, 0.4) is 0 Å². The van der Waals surface area contributed by atoms with Crippen LogP contribution in [0.25, 0.3) is 11.1 Å². The summed E-state index contributed by atoms with van der Waals surface area (Å²) in [4.78, 5) is 10.9. The maximum absolute atomic E-state index is 10.9. The van der Waals surface area contributed by atoms with Crippen LogP contribution in [0.1, 0.15) is 29.8 Å². The Morgan fingerprint density at radius 3 is 2.30 bits per heavy atom. The third-order valence-corrected chi connectivity index (χ3v) is 3.44. The first kappa shape index (κ1) is 14.6. The minimum absolute atomic E-state index is 0.204. The molecule has 0 spiro atoms. The Morgan fingerprint density at radius 1 is 1.15 bits per heavy atom. The zero-order valence-electron chi connectivity index (χ0n) is 11.6. The molecular weight excluding hydrogens is 272 g/mol. The van der Waals surface area contributed by atoms with E-state index in [1.165, 1.54) is 11.6 Å². The van der Waals surface area contributed by atoms with E-state index < -0.39 is 5.97 Å². The molecule has 0 saturated heterocycles. The van der Waals surface area contributed by atoms with Crippen molar-refractivity contribution in [3.05, 3.63) is 58.6 Å². The topological polar surface area (TPSA) is 37.3 Å². The SMILES string of the molecule is CC(C)Cc1ccc(-c2ccc(C(=O)O)cc2Cl)cc1. The van der Waals surface area contributed by atoms with E-state index in [2.05, 4.69) is 26.0 Å². The van der Waals surface area contributed by atoms with E-state index >= 15 is 0 Å². The molecule has 0 bridgehead atoms. The summed E-state index contributed by atoms with van der Waals surface area (Å²) < 4.78 is 0. The molecule has 3 heteroatoms. The number of carboxylic acids is 1. The predicted molar refractivity (Wildman–Crippen MR) is 82.4 cm³/mol. The number of rotatable bonds is 4. The van der Waals surface area contributed by atoms with Crippen molar-refractivity contribution in [2.45, 2.75) is 20.3 Å². The molecule has 0 heterocycles. The van der Waals surface area contributed by atoms with Gasteiger partial charge in [-0.05, 0) is 35.6 Å². The van der Waals surface area contributed by atoms with Gasteiger partial charge < -0.3 is 5.11 Å². The fourth-order valence-electron chi connectivity index (χ4n) is 2.17. The van der Waals surface area contributed by atoms with Crippen molar-refractivity contribution in [2.24, 2.45) is 5.92 Å². The van der Waals surface area contributed by atoms with Crippen LogP contribution in [-0.2, 0) is 6.42 Å². The van der Waals surface area contributed by atoms with Crippen LogP contribution in [0.4, 0.5) is 0 Å². The summed E-state index contributed by atoms with van der Waals surface area (Å²) in [6.07, 6.45) is 1.05. The van der Waals surface area contributed by atoms with Gasteiger partial charge in [0.1, 0.15) is 0 Å². The maximum Gasteiger partial charge on any atom is 0.335 e. The van der Waals surface area contributed by atoms with Gasteiger partial charge in [-0.2, -0.15) is 0 Å². The van der Waals surface area contributed by atoms with Crippen molar-refractivity contribution >= 4 is 17.6 Å². The minimum Gasteiger partial charge on any atom is -0.478 e. The summed E-state index contributed by atoms with van der Waals surface area (Å²) in [6.45, 7) is 4.38. The van der Waals surface area contributed by atoms with Crippen LogP contribution < -0.4 is 0 Å². The van der Waals surface area contributed by atoms with Crippen LogP contribution >= 0.6 is 11.6 Å². The molecule has 0 aliphatic rings. The number of aromatic carboxylic acids is 1. The number of hydrogen-bond donors (Lipinski definition) is 1. The third-order valence-electron chi connectivity index (χ3n) is 3.12. The normalized spacial score (nSPS) is 10.8. The van der Waals surface area contributed by atoms with Gasteiger partial charge in [-0.3, -0.25) is 0 Å². The zero-order chi connectivity index (χ0) is 14.7. The van der Waals surface area contributed by atoms with Gasteiger partial charge in [-0.25, -0.2) is 4.79 Å². The molecule has 0 atom stereocenters. The largest absolute Gasteiger partial charge is 0.478 e. The summed E-state index contributed by atoms with van der Waals surface area (Å²) in [5.41, 5.74) is 3.35. The van der Waals surface area contributed by atoms with Gasteiger partial charge in [0.15, 0.2) is 0 Å². The Kier molecular flexibility index (Phi) is 4.46. The average molecular weight is 289 g/mol. The van der Waals surface area contributed by atoms with E-state index in [-0.39, 0.29) is 5.56 Å². The summed E-state index contributed by atoms with van der Waals surface area (Å²) in [5, 5.41) is 9.39. The highest BCUT2D eigenvalue weighted by Gasteiger charge is 2.08. The second kappa shape index (κ2) is 6.10. The number of carbonyl (C=O) groups is 1. The summed E-state index contributed by atoms with van der Waals surface area (Å²) in [7, 11) is 0. The molecule has 0 fully saturated rings. The number of carboxylic acid groups (broad SMARTS) is 1. The van der Waals surface area contributed by atoms with Gasteiger partial charge >= 0.3 is 5.97 Å². The van der Waals surface area contributed by atoms with Crippen LogP contribution in [0.2, 0.25) is 5.02 Å². The highest BCUT2D eigenvalue weighted by Crippen LogP contribution is 2.29. The summed E-state index contributed by atoms with van der Waals surface area (Å²) in [6, 6.07) is 13.1. The Bertz CT molecular complexity index is 615. The molecule has 0 radical (unpaired) electrons. The molecule has 0 aliphatic carbocycles. The molecule has 20 heavy (non-hydrogen) atoms. The minimum atomic E-state index is -0.967. The highest BCUT2D eigenvalue weighted by molar-refractivity contribution is 6.33. The van der Waals surface area contributed by atoms with Gasteiger partial charge in [0.2, 0.25) is 0 Å². The van der Waals surface area contributed by atoms with E-state index in [0.717, 1.165) is 17.5 Å². The second-order valence-corrected chi connectivity index (χ2v) is 5.70. The van der Waals surface area contributed by atoms with Crippen molar-refractivity contribution in [3.8, 4) is 11.1 Å². The lowest BCUT2D eigenvalue weighted by molar-refractivity contribution is 0.0697. The smallest absolute Gasteiger partial charge is 0.335 e. The fraction of sp³-hybridized carbons (Fsp3) is 0.235. The van der Waals surface area contributed by atoms with Crippen molar-refractivity contribution < 1.29 is 9.90 Å². The second-order valence-electron chi connectivity index (χ2n) is 5.29. The van der Waals surface area contributed by atoms with E-state index in [1.807, 2.05) is 12.1 Å². The molecule has 2 nitrogen and oxygen atoms in total. The van der Waals surface area contributed by atoms with Crippen LogP contribution in [0.15, 0.2) is 42.5 Å². The monoisotopic (exact) mass is 288 g/mol. The van der Waals surface area contributed by atoms with Gasteiger partial charge in [-0.1, -0.05) is 55.8 Å². The molecule has 0 saturated carbocycles. The molecule has 0 aromatic heterocycles. The van der Waals surface area contributed by atoms with Crippen molar-refractivity contribution in [3.63, 3.8) is 0 Å². The summed E-state index contributed by atoms with van der Waals surface area (Å²) in [5.74, 6) is -0.343. The molecule has 2 aromatic carbocycles. The maximum atomic E-state index is 10.9. The Balaban J connectivity index is 2.30. The van der Waals surface area contributed by atoms with Crippen molar-refractivity contribution in [1.29, 1.82) is 0 Å². The molecule has 0 amide bonds. The molecule has 0 aliphatic heterocycles. The van der Waals surface area contributed by atoms with Crippen molar-refractivity contribution in [1.82, 2.24) is 0 Å². The lowest BCUT2D eigenvalue weighted by Crippen LogP contribution is -1.96. The molecule has 0 unspecified atom stereocenters. The quantitative estimate of drug-likeness (QED) is 0.868. The molecule has 2 aromatic rings. The average Bonchev–Trinajstić information content (AvgIpc) is 2.39. The number of hydrogen-bond acceptors (Lipinski definition) is 1. The Morgan fingerprint density at radius 2 is 1.80 bits per heavy atom. The first-order chi connectivity index (χ1) is 9.47. The number of benzene rings is 2. The molecule has 1 N–H and O–H groups in total. The Labute approximate surface area is 124 Å². The molecule has 2 rings (SSSR count). The summed E-state index contributed by atoms with van der Waals surface area (Å²) >= 11 is 6.17. The fourth-order valence-corrected chi connectivity index (χ4v) is 2.46. The highest BCUT2D eigenvalue weighted by atomic mass is 35.5. The van der Waals surface area contributed by atoms with Gasteiger partial charge in [-0.15, -0.1) is 0 Å². The van der Waals surface area contributed by atoms with Crippen LogP contribution in [0, 0.1) is 5.92 Å². The van der Waals surface area contributed by atoms with E-state index in [4.69, 9.17) is 16.7 Å². The molecular formula is C17H17ClO2. The van der Waals surface area contributed by atoms with Gasteiger partial charge in [0, 0.05) is 10.6 Å². The molecule has 104 valence electrons.